The van der Waals surface area contributed by atoms with E-state index in [4.69, 9.17) is 14.2 Å². The van der Waals surface area contributed by atoms with E-state index < -0.39 is 0 Å². The number of hydrogen-bond donors (Lipinski definition) is 0. The van der Waals surface area contributed by atoms with Crippen LogP contribution in [0, 0.1) is 0 Å². The number of rotatable bonds is 8. The molecule has 96 valence electrons. The molecule has 0 atom stereocenters. The second-order valence-electron chi connectivity index (χ2n) is 3.14. The van der Waals surface area contributed by atoms with Crippen LogP contribution >= 0.6 is 0 Å². The standard InChI is InChI=1S/C12H18O5/c1-11(13)16-9-5-3-7-15-8-4-6-10-17-12(2)14/h3-4,7-8H,5-6,9-10H2,1-2H3. The molecule has 0 fully saturated rings. The summed E-state index contributed by atoms with van der Waals surface area (Å²) in [6, 6.07) is 0. The Labute approximate surface area is 101 Å². The molecule has 5 heteroatoms. The molecule has 0 aromatic rings. The summed E-state index contributed by atoms with van der Waals surface area (Å²) in [5.74, 6) is -0.575. The molecule has 0 unspecified atom stereocenters. The van der Waals surface area contributed by atoms with Gasteiger partial charge < -0.3 is 14.2 Å². The van der Waals surface area contributed by atoms with Crippen molar-refractivity contribution in [2.45, 2.75) is 26.7 Å². The number of ether oxygens (including phenoxy) is 3. The lowest BCUT2D eigenvalue weighted by atomic mass is 10.4. The van der Waals surface area contributed by atoms with E-state index in [9.17, 15) is 9.59 Å². The van der Waals surface area contributed by atoms with E-state index in [1.807, 2.05) is 0 Å². The highest BCUT2D eigenvalue weighted by Crippen LogP contribution is 1.90. The van der Waals surface area contributed by atoms with Crippen LogP contribution < -0.4 is 0 Å². The molecule has 0 rings (SSSR count). The summed E-state index contributed by atoms with van der Waals surface area (Å²) in [5.41, 5.74) is 0. The van der Waals surface area contributed by atoms with Gasteiger partial charge in [0.2, 0.25) is 0 Å². The lowest BCUT2D eigenvalue weighted by Crippen LogP contribution is -1.99. The van der Waals surface area contributed by atoms with Crippen molar-refractivity contribution in [2.24, 2.45) is 0 Å². The minimum absolute atomic E-state index is 0.287. The first-order valence-corrected chi connectivity index (χ1v) is 5.35. The zero-order chi connectivity index (χ0) is 12.9. The molecule has 0 aliphatic heterocycles. The molecule has 0 aromatic heterocycles. The molecule has 17 heavy (non-hydrogen) atoms. The number of carbonyl (C=O) groups is 2. The lowest BCUT2D eigenvalue weighted by Gasteiger charge is -1.97. The van der Waals surface area contributed by atoms with Crippen LogP contribution in [0.5, 0.6) is 0 Å². The number of hydrogen-bond acceptors (Lipinski definition) is 5. The Morgan fingerprint density at radius 2 is 1.29 bits per heavy atom. The van der Waals surface area contributed by atoms with E-state index in [-0.39, 0.29) is 11.9 Å². The Balaban J connectivity index is 3.31. The van der Waals surface area contributed by atoms with Gasteiger partial charge in [-0.05, 0) is 12.2 Å². The second-order valence-corrected chi connectivity index (χ2v) is 3.14. The third-order valence-electron chi connectivity index (χ3n) is 1.53. The van der Waals surface area contributed by atoms with Crippen molar-refractivity contribution >= 4 is 11.9 Å². The van der Waals surface area contributed by atoms with Gasteiger partial charge in [-0.25, -0.2) is 0 Å². The molecule has 5 nitrogen and oxygen atoms in total. The highest BCUT2D eigenvalue weighted by atomic mass is 16.5. The van der Waals surface area contributed by atoms with Gasteiger partial charge in [-0.15, -0.1) is 0 Å². The normalized spacial score (nSPS) is 10.7. The minimum atomic E-state index is -0.287. The van der Waals surface area contributed by atoms with E-state index in [1.54, 1.807) is 12.2 Å². The smallest absolute Gasteiger partial charge is 0.302 e. The van der Waals surface area contributed by atoms with Gasteiger partial charge in [-0.1, -0.05) is 0 Å². The molecule has 0 heterocycles. The first-order valence-electron chi connectivity index (χ1n) is 5.35. The fourth-order valence-electron chi connectivity index (χ4n) is 0.834. The van der Waals surface area contributed by atoms with Gasteiger partial charge in [0.25, 0.3) is 0 Å². The maximum absolute atomic E-state index is 10.4. The molecule has 0 aromatic carbocycles. The van der Waals surface area contributed by atoms with Crippen molar-refractivity contribution in [1.29, 1.82) is 0 Å². The Kier molecular flexibility index (Phi) is 9.61. The molecule has 0 saturated heterocycles. The first kappa shape index (κ1) is 15.2. The average molecular weight is 242 g/mol. The van der Waals surface area contributed by atoms with Gasteiger partial charge >= 0.3 is 11.9 Å². The molecule has 0 N–H and O–H groups in total. The van der Waals surface area contributed by atoms with Gasteiger partial charge in [-0.3, -0.25) is 9.59 Å². The van der Waals surface area contributed by atoms with Crippen molar-refractivity contribution < 1.29 is 23.8 Å². The van der Waals surface area contributed by atoms with Crippen molar-refractivity contribution in [3.63, 3.8) is 0 Å². The second kappa shape index (κ2) is 10.7. The van der Waals surface area contributed by atoms with E-state index in [0.717, 1.165) is 0 Å². The van der Waals surface area contributed by atoms with Gasteiger partial charge in [0, 0.05) is 26.7 Å². The molecule has 0 aliphatic carbocycles. The Hall–Kier alpha value is -1.78. The number of esters is 2. The highest BCUT2D eigenvalue weighted by molar-refractivity contribution is 5.66. The Bertz CT molecular complexity index is 253. The molecule has 0 aliphatic rings. The topological polar surface area (TPSA) is 61.8 Å². The number of carbonyl (C=O) groups excluding carboxylic acids is 2. The lowest BCUT2D eigenvalue weighted by molar-refractivity contribution is -0.141. The summed E-state index contributed by atoms with van der Waals surface area (Å²) >= 11 is 0. The van der Waals surface area contributed by atoms with Crippen LogP contribution in [0.15, 0.2) is 24.7 Å². The fraction of sp³-hybridized carbons (Fsp3) is 0.500. The van der Waals surface area contributed by atoms with Crippen LogP contribution in [0.3, 0.4) is 0 Å². The third kappa shape index (κ3) is 14.2. The van der Waals surface area contributed by atoms with Crippen molar-refractivity contribution in [2.75, 3.05) is 13.2 Å². The van der Waals surface area contributed by atoms with Crippen LogP contribution in [0.2, 0.25) is 0 Å². The molecule has 0 spiro atoms. The predicted molar refractivity (Wildman–Crippen MR) is 61.9 cm³/mol. The Morgan fingerprint density at radius 1 is 0.882 bits per heavy atom. The monoisotopic (exact) mass is 242 g/mol. The molecule has 0 bridgehead atoms. The zero-order valence-electron chi connectivity index (χ0n) is 10.2. The van der Waals surface area contributed by atoms with Crippen LogP contribution in [0.4, 0.5) is 0 Å². The summed E-state index contributed by atoms with van der Waals surface area (Å²) in [6.45, 7) is 3.44. The molecule has 0 amide bonds. The van der Waals surface area contributed by atoms with Gasteiger partial charge in [0.15, 0.2) is 0 Å². The van der Waals surface area contributed by atoms with Gasteiger partial charge in [-0.2, -0.15) is 0 Å². The summed E-state index contributed by atoms with van der Waals surface area (Å²) in [4.78, 5) is 20.8. The minimum Gasteiger partial charge on any atom is -0.473 e. The van der Waals surface area contributed by atoms with Crippen LogP contribution in [0.1, 0.15) is 26.7 Å². The first-order chi connectivity index (χ1) is 8.13. The van der Waals surface area contributed by atoms with Crippen molar-refractivity contribution in [1.82, 2.24) is 0 Å². The molecule has 0 radical (unpaired) electrons. The SMILES string of the molecule is CC(=O)OCCC=COC=CCCOC(C)=O. The third-order valence-corrected chi connectivity index (χ3v) is 1.53. The fourth-order valence-corrected chi connectivity index (χ4v) is 0.834. The predicted octanol–water partition coefficient (Wildman–Crippen LogP) is 1.94. The maximum atomic E-state index is 10.4. The van der Waals surface area contributed by atoms with Gasteiger partial charge in [0.1, 0.15) is 0 Å². The summed E-state index contributed by atoms with van der Waals surface area (Å²) in [6.07, 6.45) is 7.73. The summed E-state index contributed by atoms with van der Waals surface area (Å²) in [5, 5.41) is 0. The van der Waals surface area contributed by atoms with Crippen LogP contribution in [-0.4, -0.2) is 25.2 Å². The van der Waals surface area contributed by atoms with Gasteiger partial charge in [0.05, 0.1) is 25.7 Å². The van der Waals surface area contributed by atoms with E-state index >= 15 is 0 Å². The highest BCUT2D eigenvalue weighted by Gasteiger charge is 1.89. The molecular weight excluding hydrogens is 224 g/mol. The Morgan fingerprint density at radius 3 is 1.65 bits per heavy atom. The van der Waals surface area contributed by atoms with Crippen molar-refractivity contribution in [3.05, 3.63) is 24.7 Å². The van der Waals surface area contributed by atoms with E-state index in [0.29, 0.717) is 26.1 Å². The maximum Gasteiger partial charge on any atom is 0.302 e. The zero-order valence-corrected chi connectivity index (χ0v) is 10.2. The van der Waals surface area contributed by atoms with E-state index in [2.05, 4.69) is 0 Å². The largest absolute Gasteiger partial charge is 0.473 e. The van der Waals surface area contributed by atoms with Crippen molar-refractivity contribution in [3.8, 4) is 0 Å². The molecular formula is C12H18O5. The van der Waals surface area contributed by atoms with Crippen LogP contribution in [-0.2, 0) is 23.8 Å². The van der Waals surface area contributed by atoms with Crippen LogP contribution in [0.25, 0.3) is 0 Å². The van der Waals surface area contributed by atoms with E-state index in [1.165, 1.54) is 26.4 Å². The summed E-state index contributed by atoms with van der Waals surface area (Å²) in [7, 11) is 0. The quantitative estimate of drug-likeness (QED) is 0.370. The average Bonchev–Trinajstić information content (AvgIpc) is 2.25. The summed E-state index contributed by atoms with van der Waals surface area (Å²) < 4.78 is 14.4. The molecule has 0 saturated carbocycles.